The third kappa shape index (κ3) is 2.96. The van der Waals surface area contributed by atoms with Gasteiger partial charge in [0.05, 0.1) is 5.56 Å². The van der Waals surface area contributed by atoms with Crippen molar-refractivity contribution in [3.05, 3.63) is 29.1 Å². The number of unbranched alkanes of at least 4 members (excludes halogenated alkanes) is 1. The Morgan fingerprint density at radius 1 is 1.44 bits per heavy atom. The number of hydrogen-bond acceptors (Lipinski definition) is 2. The van der Waals surface area contributed by atoms with Crippen LogP contribution in [0.5, 0.6) is 0 Å². The molecule has 1 aromatic heterocycles. The fraction of sp³-hybridized carbons (Fsp3) is 0.455. The molecule has 0 amide bonds. The Balaban J connectivity index is 3.08. The van der Waals surface area contributed by atoms with Crippen LogP contribution in [0.1, 0.15) is 36.6 Å². The van der Waals surface area contributed by atoms with Gasteiger partial charge in [-0.2, -0.15) is 18.4 Å². The van der Waals surface area contributed by atoms with Crippen molar-refractivity contribution in [3.63, 3.8) is 0 Å². The van der Waals surface area contributed by atoms with Crippen LogP contribution < -0.4 is 0 Å². The number of alkyl halides is 3. The highest BCUT2D eigenvalue weighted by molar-refractivity contribution is 5.35. The molecular formula is C11H11F3N2. The van der Waals surface area contributed by atoms with E-state index in [0.29, 0.717) is 12.0 Å². The van der Waals surface area contributed by atoms with Crippen LogP contribution in [0.25, 0.3) is 0 Å². The second-order valence-corrected chi connectivity index (χ2v) is 3.45. The molecule has 86 valence electrons. The normalized spacial score (nSPS) is 11.2. The zero-order valence-corrected chi connectivity index (χ0v) is 8.80. The summed E-state index contributed by atoms with van der Waals surface area (Å²) in [4.78, 5) is 3.54. The van der Waals surface area contributed by atoms with Crippen molar-refractivity contribution in [2.45, 2.75) is 32.4 Å². The molecule has 0 atom stereocenters. The van der Waals surface area contributed by atoms with Gasteiger partial charge in [0, 0.05) is 6.20 Å². The van der Waals surface area contributed by atoms with Gasteiger partial charge in [0.2, 0.25) is 0 Å². The fourth-order valence-corrected chi connectivity index (χ4v) is 1.33. The number of pyridine rings is 1. The van der Waals surface area contributed by atoms with Crippen LogP contribution in [-0.2, 0) is 12.6 Å². The predicted molar refractivity (Wildman–Crippen MR) is 52.6 cm³/mol. The van der Waals surface area contributed by atoms with Crippen molar-refractivity contribution in [1.82, 2.24) is 4.98 Å². The van der Waals surface area contributed by atoms with E-state index >= 15 is 0 Å². The summed E-state index contributed by atoms with van der Waals surface area (Å²) >= 11 is 0. The number of rotatable bonds is 3. The molecule has 0 spiro atoms. The molecule has 0 saturated carbocycles. The first-order valence-electron chi connectivity index (χ1n) is 4.95. The average Bonchev–Trinajstić information content (AvgIpc) is 2.24. The van der Waals surface area contributed by atoms with Crippen LogP contribution in [0, 0.1) is 11.3 Å². The Hall–Kier alpha value is -1.57. The van der Waals surface area contributed by atoms with E-state index in [4.69, 9.17) is 5.26 Å². The van der Waals surface area contributed by atoms with Gasteiger partial charge in [-0.15, -0.1) is 0 Å². The number of nitriles is 1. The van der Waals surface area contributed by atoms with Gasteiger partial charge >= 0.3 is 6.18 Å². The summed E-state index contributed by atoms with van der Waals surface area (Å²) in [7, 11) is 0. The molecule has 16 heavy (non-hydrogen) atoms. The minimum atomic E-state index is -4.51. The smallest absolute Gasteiger partial charge is 0.245 e. The van der Waals surface area contributed by atoms with Crippen LogP contribution in [0.4, 0.5) is 13.2 Å². The van der Waals surface area contributed by atoms with E-state index in [1.807, 2.05) is 6.92 Å². The molecule has 0 saturated heterocycles. The monoisotopic (exact) mass is 228 g/mol. The van der Waals surface area contributed by atoms with E-state index in [0.717, 1.165) is 18.9 Å². The topological polar surface area (TPSA) is 36.7 Å². The highest BCUT2D eigenvalue weighted by Gasteiger charge is 2.34. The van der Waals surface area contributed by atoms with Crippen LogP contribution in [-0.4, -0.2) is 4.98 Å². The van der Waals surface area contributed by atoms with Gasteiger partial charge in [-0.05, 0) is 24.5 Å². The van der Waals surface area contributed by atoms with Gasteiger partial charge in [0.1, 0.15) is 6.07 Å². The number of aryl methyl sites for hydroxylation is 1. The molecule has 0 aliphatic heterocycles. The second kappa shape index (κ2) is 4.97. The maximum absolute atomic E-state index is 12.5. The minimum Gasteiger partial charge on any atom is -0.245 e. The molecule has 1 rings (SSSR count). The average molecular weight is 228 g/mol. The lowest BCUT2D eigenvalue weighted by Gasteiger charge is -2.09. The van der Waals surface area contributed by atoms with E-state index in [9.17, 15) is 13.2 Å². The van der Waals surface area contributed by atoms with Gasteiger partial charge in [-0.3, -0.25) is 0 Å². The fourth-order valence-electron chi connectivity index (χ4n) is 1.33. The Bertz CT molecular complexity index is 405. The van der Waals surface area contributed by atoms with Crippen molar-refractivity contribution < 1.29 is 13.2 Å². The standard InChI is InChI=1S/C11H11F3N2/c1-2-3-4-8-5-9(11(12,13)14)10(6-15)16-7-8/h5,7H,2-4H2,1H3. The maximum Gasteiger partial charge on any atom is 0.419 e. The summed E-state index contributed by atoms with van der Waals surface area (Å²) in [5.74, 6) is 0. The quantitative estimate of drug-likeness (QED) is 0.795. The summed E-state index contributed by atoms with van der Waals surface area (Å²) in [5.41, 5.74) is -0.982. The van der Waals surface area contributed by atoms with Gasteiger partial charge in [-0.1, -0.05) is 13.3 Å². The van der Waals surface area contributed by atoms with Crippen LogP contribution in [0.15, 0.2) is 12.3 Å². The van der Waals surface area contributed by atoms with E-state index in [-0.39, 0.29) is 0 Å². The lowest BCUT2D eigenvalue weighted by molar-refractivity contribution is -0.138. The Morgan fingerprint density at radius 3 is 2.62 bits per heavy atom. The second-order valence-electron chi connectivity index (χ2n) is 3.45. The van der Waals surface area contributed by atoms with E-state index in [2.05, 4.69) is 4.98 Å². The molecule has 0 unspecified atom stereocenters. The molecule has 2 nitrogen and oxygen atoms in total. The summed E-state index contributed by atoms with van der Waals surface area (Å²) in [6, 6.07) is 2.47. The molecule has 0 radical (unpaired) electrons. The Kier molecular flexibility index (Phi) is 3.88. The van der Waals surface area contributed by atoms with Crippen molar-refractivity contribution in [2.75, 3.05) is 0 Å². The van der Waals surface area contributed by atoms with E-state index in [1.165, 1.54) is 12.3 Å². The van der Waals surface area contributed by atoms with Gasteiger partial charge in [-0.25, -0.2) is 4.98 Å². The highest BCUT2D eigenvalue weighted by atomic mass is 19.4. The van der Waals surface area contributed by atoms with Crippen molar-refractivity contribution in [2.24, 2.45) is 0 Å². The van der Waals surface area contributed by atoms with Crippen molar-refractivity contribution in [3.8, 4) is 6.07 Å². The Labute approximate surface area is 91.7 Å². The zero-order chi connectivity index (χ0) is 12.2. The lowest BCUT2D eigenvalue weighted by Crippen LogP contribution is -2.10. The van der Waals surface area contributed by atoms with E-state index < -0.39 is 17.4 Å². The lowest BCUT2D eigenvalue weighted by atomic mass is 10.1. The zero-order valence-electron chi connectivity index (χ0n) is 8.80. The van der Waals surface area contributed by atoms with Crippen molar-refractivity contribution in [1.29, 1.82) is 5.26 Å². The van der Waals surface area contributed by atoms with Crippen molar-refractivity contribution >= 4 is 0 Å². The summed E-state index contributed by atoms with van der Waals surface area (Å²) in [6.45, 7) is 1.96. The molecule has 0 aromatic carbocycles. The molecule has 0 aliphatic rings. The van der Waals surface area contributed by atoms with Gasteiger partial charge < -0.3 is 0 Å². The summed E-state index contributed by atoms with van der Waals surface area (Å²) < 4.78 is 37.6. The highest BCUT2D eigenvalue weighted by Crippen LogP contribution is 2.31. The largest absolute Gasteiger partial charge is 0.419 e. The first-order chi connectivity index (χ1) is 7.49. The van der Waals surface area contributed by atoms with E-state index in [1.54, 1.807) is 0 Å². The molecule has 1 heterocycles. The van der Waals surface area contributed by atoms with Gasteiger partial charge in [0.15, 0.2) is 5.69 Å². The van der Waals surface area contributed by atoms with Crippen LogP contribution >= 0.6 is 0 Å². The number of halogens is 3. The molecule has 0 aliphatic carbocycles. The van der Waals surface area contributed by atoms with Gasteiger partial charge in [0.25, 0.3) is 0 Å². The predicted octanol–water partition coefficient (Wildman–Crippen LogP) is 3.31. The number of aromatic nitrogens is 1. The molecule has 0 N–H and O–H groups in total. The first-order valence-corrected chi connectivity index (χ1v) is 4.95. The third-order valence-electron chi connectivity index (χ3n) is 2.17. The maximum atomic E-state index is 12.5. The third-order valence-corrected chi connectivity index (χ3v) is 2.17. The summed E-state index contributed by atoms with van der Waals surface area (Å²) in [5, 5.41) is 8.54. The summed E-state index contributed by atoms with van der Waals surface area (Å²) in [6.07, 6.45) is -0.908. The van der Waals surface area contributed by atoms with Crippen LogP contribution in [0.3, 0.4) is 0 Å². The molecule has 0 bridgehead atoms. The first kappa shape index (κ1) is 12.5. The molecule has 5 heteroatoms. The molecular weight excluding hydrogens is 217 g/mol. The van der Waals surface area contributed by atoms with Crippen LogP contribution in [0.2, 0.25) is 0 Å². The molecule has 0 fully saturated rings. The number of hydrogen-bond donors (Lipinski definition) is 0. The Morgan fingerprint density at radius 2 is 2.12 bits per heavy atom. The SMILES string of the molecule is CCCCc1cnc(C#N)c(C(F)(F)F)c1. The minimum absolute atomic E-state index is 0.521. The molecule has 1 aromatic rings. The number of nitrogens with zero attached hydrogens (tertiary/aromatic N) is 2.